The van der Waals surface area contributed by atoms with Crippen LogP contribution in [-0.4, -0.2) is 48.9 Å². The maximum Gasteiger partial charge on any atom is 0.169 e. The Morgan fingerprint density at radius 2 is 2.18 bits per heavy atom. The number of ketones is 1. The van der Waals surface area contributed by atoms with Crippen molar-refractivity contribution in [3.8, 4) is 0 Å². The lowest BCUT2D eigenvalue weighted by atomic mass is 10.0. The number of thiophene rings is 1. The summed E-state index contributed by atoms with van der Waals surface area (Å²) in [6, 6.07) is 6.78. The third kappa shape index (κ3) is 2.15. The summed E-state index contributed by atoms with van der Waals surface area (Å²) in [5.74, 6) is 1.18. The molecule has 4 nitrogen and oxygen atoms in total. The van der Waals surface area contributed by atoms with E-state index in [0.29, 0.717) is 11.5 Å². The number of fused-ring (bicyclic) bond motifs is 1. The normalized spacial score (nSPS) is 22.9. The second-order valence-corrected chi connectivity index (χ2v) is 7.98. The Labute approximate surface area is 134 Å². The number of aromatic nitrogens is 1. The van der Waals surface area contributed by atoms with Crippen LogP contribution in [0, 0.1) is 5.41 Å². The van der Waals surface area contributed by atoms with Crippen molar-refractivity contribution in [1.82, 2.24) is 9.88 Å². The van der Waals surface area contributed by atoms with E-state index in [1.807, 2.05) is 6.07 Å². The van der Waals surface area contributed by atoms with Crippen molar-refractivity contribution in [3.63, 3.8) is 0 Å². The van der Waals surface area contributed by atoms with Crippen LogP contribution in [0.15, 0.2) is 18.2 Å². The van der Waals surface area contributed by atoms with Crippen LogP contribution in [-0.2, 0) is 0 Å². The number of rotatable bonds is 3. The lowest BCUT2D eigenvalue weighted by molar-refractivity contribution is 0.102. The number of likely N-dealkylation sites (N-methyl/N-ethyl adjacent to an activating group) is 1. The SMILES string of the molecule is CC(=O)c1cc2ccc(N3CC(N(C)C)C4(CC4)C3)nc2s1. The second-order valence-electron chi connectivity index (χ2n) is 6.95. The quantitative estimate of drug-likeness (QED) is 0.816. The lowest BCUT2D eigenvalue weighted by Gasteiger charge is -2.24. The standard InChI is InChI=1S/C17H21N3OS/c1-11(21)13-8-12-4-5-15(18-16(12)22-13)20-9-14(19(2)3)17(10-20)6-7-17/h4-5,8,14H,6-7,9-10H2,1-3H3. The molecule has 0 bridgehead atoms. The van der Waals surface area contributed by atoms with Crippen molar-refractivity contribution in [2.75, 3.05) is 32.1 Å². The Morgan fingerprint density at radius 1 is 1.41 bits per heavy atom. The Morgan fingerprint density at radius 3 is 2.77 bits per heavy atom. The van der Waals surface area contributed by atoms with Crippen molar-refractivity contribution in [2.45, 2.75) is 25.8 Å². The maximum absolute atomic E-state index is 11.5. The topological polar surface area (TPSA) is 36.4 Å². The highest BCUT2D eigenvalue weighted by molar-refractivity contribution is 7.20. The summed E-state index contributed by atoms with van der Waals surface area (Å²) in [6.07, 6.45) is 2.67. The van der Waals surface area contributed by atoms with Crippen molar-refractivity contribution in [1.29, 1.82) is 0 Å². The van der Waals surface area contributed by atoms with E-state index in [1.165, 1.54) is 24.2 Å². The summed E-state index contributed by atoms with van der Waals surface area (Å²) in [5.41, 5.74) is 0.486. The zero-order chi connectivity index (χ0) is 15.5. The van der Waals surface area contributed by atoms with Gasteiger partial charge >= 0.3 is 0 Å². The zero-order valence-corrected chi connectivity index (χ0v) is 14.1. The van der Waals surface area contributed by atoms with Gasteiger partial charge in [-0.1, -0.05) is 0 Å². The first-order valence-corrected chi connectivity index (χ1v) is 8.63. The molecule has 0 radical (unpaired) electrons. The lowest BCUT2D eigenvalue weighted by Crippen LogP contribution is -2.36. The van der Waals surface area contributed by atoms with Gasteiger partial charge in [0.1, 0.15) is 10.6 Å². The first-order valence-electron chi connectivity index (χ1n) is 7.81. The summed E-state index contributed by atoms with van der Waals surface area (Å²) >= 11 is 1.50. The van der Waals surface area contributed by atoms with E-state index in [4.69, 9.17) is 4.98 Å². The number of carbonyl (C=O) groups is 1. The molecule has 1 saturated heterocycles. The maximum atomic E-state index is 11.5. The first-order chi connectivity index (χ1) is 10.5. The van der Waals surface area contributed by atoms with E-state index in [9.17, 15) is 4.79 Å². The van der Waals surface area contributed by atoms with Crippen LogP contribution in [0.3, 0.4) is 0 Å². The molecule has 0 aromatic carbocycles. The molecule has 1 atom stereocenters. The van der Waals surface area contributed by atoms with Crippen LogP contribution in [0.5, 0.6) is 0 Å². The monoisotopic (exact) mass is 315 g/mol. The number of Topliss-reactive ketones (excluding diaryl/α,β-unsaturated/α-hetero) is 1. The highest BCUT2D eigenvalue weighted by atomic mass is 32.1. The number of hydrogen-bond acceptors (Lipinski definition) is 5. The van der Waals surface area contributed by atoms with Gasteiger partial charge in [-0.05, 0) is 52.1 Å². The van der Waals surface area contributed by atoms with E-state index < -0.39 is 0 Å². The Kier molecular flexibility index (Phi) is 3.07. The molecule has 2 aliphatic rings. The molecule has 0 N–H and O–H groups in total. The molecule has 1 unspecified atom stereocenters. The molecule has 116 valence electrons. The number of hydrogen-bond donors (Lipinski definition) is 0. The summed E-state index contributed by atoms with van der Waals surface area (Å²) < 4.78 is 0. The first kappa shape index (κ1) is 14.2. The number of pyridine rings is 1. The number of nitrogens with zero attached hydrogens (tertiary/aromatic N) is 3. The van der Waals surface area contributed by atoms with Gasteiger partial charge in [0.15, 0.2) is 5.78 Å². The van der Waals surface area contributed by atoms with E-state index in [2.05, 4.69) is 36.0 Å². The minimum Gasteiger partial charge on any atom is -0.354 e. The molecule has 1 saturated carbocycles. The van der Waals surface area contributed by atoms with Gasteiger partial charge in [-0.3, -0.25) is 4.79 Å². The van der Waals surface area contributed by atoms with Gasteiger partial charge in [0.2, 0.25) is 0 Å². The summed E-state index contributed by atoms with van der Waals surface area (Å²) in [7, 11) is 4.37. The van der Waals surface area contributed by atoms with Gasteiger partial charge < -0.3 is 9.80 Å². The molecule has 2 fully saturated rings. The largest absolute Gasteiger partial charge is 0.354 e. The van der Waals surface area contributed by atoms with Crippen LogP contribution < -0.4 is 4.90 Å². The van der Waals surface area contributed by atoms with Crippen LogP contribution >= 0.6 is 11.3 Å². The summed E-state index contributed by atoms with van der Waals surface area (Å²) in [4.78, 5) is 22.9. The summed E-state index contributed by atoms with van der Waals surface area (Å²) in [6.45, 7) is 3.78. The van der Waals surface area contributed by atoms with Gasteiger partial charge in [0.05, 0.1) is 4.88 Å². The molecule has 2 aromatic heterocycles. The molecular weight excluding hydrogens is 294 g/mol. The van der Waals surface area contributed by atoms with Gasteiger partial charge in [0.25, 0.3) is 0 Å². The Balaban J connectivity index is 1.66. The van der Waals surface area contributed by atoms with Gasteiger partial charge in [-0.25, -0.2) is 4.98 Å². The zero-order valence-electron chi connectivity index (χ0n) is 13.3. The predicted molar refractivity (Wildman–Crippen MR) is 91.0 cm³/mol. The van der Waals surface area contributed by atoms with E-state index in [0.717, 1.165) is 34.0 Å². The molecule has 22 heavy (non-hydrogen) atoms. The third-order valence-corrected chi connectivity index (χ3v) is 6.31. The fraction of sp³-hybridized carbons (Fsp3) is 0.529. The van der Waals surface area contributed by atoms with Crippen LogP contribution in [0.4, 0.5) is 5.82 Å². The van der Waals surface area contributed by atoms with Gasteiger partial charge in [-0.2, -0.15) is 0 Å². The van der Waals surface area contributed by atoms with E-state index in [1.54, 1.807) is 6.92 Å². The van der Waals surface area contributed by atoms with Crippen molar-refractivity contribution in [2.24, 2.45) is 5.41 Å². The van der Waals surface area contributed by atoms with Gasteiger partial charge in [-0.15, -0.1) is 11.3 Å². The average Bonchev–Trinajstić information content (AvgIpc) is 2.96. The van der Waals surface area contributed by atoms with Crippen molar-refractivity contribution < 1.29 is 4.79 Å². The van der Waals surface area contributed by atoms with Crippen molar-refractivity contribution >= 4 is 33.2 Å². The summed E-state index contributed by atoms with van der Waals surface area (Å²) in [5, 5.41) is 1.07. The molecule has 0 amide bonds. The predicted octanol–water partition coefficient (Wildman–Crippen LogP) is 3.03. The van der Waals surface area contributed by atoms with E-state index >= 15 is 0 Å². The Hall–Kier alpha value is -1.46. The molecule has 1 aliphatic heterocycles. The fourth-order valence-corrected chi connectivity index (χ4v) is 4.67. The fourth-order valence-electron chi connectivity index (χ4n) is 3.75. The smallest absolute Gasteiger partial charge is 0.169 e. The van der Waals surface area contributed by atoms with E-state index in [-0.39, 0.29) is 5.78 Å². The average molecular weight is 315 g/mol. The minimum atomic E-state index is 0.121. The molecule has 5 heteroatoms. The van der Waals surface area contributed by atoms with Crippen LogP contribution in [0.1, 0.15) is 29.4 Å². The van der Waals surface area contributed by atoms with Crippen molar-refractivity contribution in [3.05, 3.63) is 23.1 Å². The second kappa shape index (κ2) is 4.77. The molecule has 3 heterocycles. The number of carbonyl (C=O) groups excluding carboxylic acids is 1. The van der Waals surface area contributed by atoms with Gasteiger partial charge in [0, 0.05) is 29.9 Å². The van der Waals surface area contributed by atoms with Crippen LogP contribution in [0.25, 0.3) is 10.2 Å². The Bertz CT molecular complexity index is 747. The third-order valence-electron chi connectivity index (χ3n) is 5.16. The van der Waals surface area contributed by atoms with Crippen LogP contribution in [0.2, 0.25) is 0 Å². The number of anilines is 1. The highest BCUT2D eigenvalue weighted by Gasteiger charge is 2.56. The molecule has 4 rings (SSSR count). The minimum absolute atomic E-state index is 0.121. The molecule has 2 aromatic rings. The molecule has 1 spiro atoms. The highest BCUT2D eigenvalue weighted by Crippen LogP contribution is 2.54. The molecule has 1 aliphatic carbocycles. The molecular formula is C17H21N3OS.